The highest BCUT2D eigenvalue weighted by Gasteiger charge is 2.37. The zero-order chi connectivity index (χ0) is 24.2. The molecule has 3 aromatic heterocycles. The summed E-state index contributed by atoms with van der Waals surface area (Å²) < 4.78 is 42.8. The highest BCUT2D eigenvalue weighted by molar-refractivity contribution is 7.20. The number of hydrogen-bond donors (Lipinski definition) is 1. The van der Waals surface area contributed by atoms with Crippen LogP contribution in [0.15, 0.2) is 48.5 Å². The van der Waals surface area contributed by atoms with E-state index in [0.717, 1.165) is 38.0 Å². The third-order valence-electron chi connectivity index (χ3n) is 5.82. The Balaban J connectivity index is 1.44. The van der Waals surface area contributed by atoms with Gasteiger partial charge in [-0.15, -0.1) is 11.3 Å². The van der Waals surface area contributed by atoms with Crippen molar-refractivity contribution in [2.24, 2.45) is 7.05 Å². The van der Waals surface area contributed by atoms with Crippen LogP contribution < -0.4 is 5.32 Å². The first-order valence-electron chi connectivity index (χ1n) is 10.5. The molecule has 2 aromatic carbocycles. The minimum absolute atomic E-state index is 0.0785. The second-order valence-electron chi connectivity index (χ2n) is 8.10. The summed E-state index contributed by atoms with van der Waals surface area (Å²) in [5.74, 6) is -0.481. The number of carbonyl (C=O) groups excluding carboxylic acids is 1. The van der Waals surface area contributed by atoms with Crippen LogP contribution in [0.2, 0.25) is 0 Å². The van der Waals surface area contributed by atoms with Gasteiger partial charge in [0, 0.05) is 12.4 Å². The normalized spacial score (nSPS) is 12.1. The Labute approximate surface area is 196 Å². The molecule has 0 unspecified atom stereocenters. The van der Waals surface area contributed by atoms with Crippen molar-refractivity contribution in [2.75, 3.05) is 5.32 Å². The van der Waals surface area contributed by atoms with Crippen LogP contribution in [0.25, 0.3) is 21.0 Å². The van der Waals surface area contributed by atoms with Crippen molar-refractivity contribution >= 4 is 43.9 Å². The second-order valence-corrected chi connectivity index (χ2v) is 9.13. The van der Waals surface area contributed by atoms with Crippen LogP contribution >= 0.6 is 11.3 Å². The van der Waals surface area contributed by atoms with E-state index in [-0.39, 0.29) is 15.1 Å². The number of aryl methyl sites for hydroxylation is 2. The fourth-order valence-corrected chi connectivity index (χ4v) is 5.13. The molecule has 0 aliphatic carbocycles. The van der Waals surface area contributed by atoms with E-state index in [9.17, 15) is 18.0 Å². The van der Waals surface area contributed by atoms with Gasteiger partial charge in [0.05, 0.1) is 28.5 Å². The van der Waals surface area contributed by atoms with E-state index < -0.39 is 17.8 Å². The first kappa shape index (κ1) is 22.1. The number of amides is 1. The number of anilines is 1. The van der Waals surface area contributed by atoms with Gasteiger partial charge in [-0.05, 0) is 36.2 Å². The number of fused-ring (bicyclic) bond motifs is 2. The largest absolute Gasteiger partial charge is 0.435 e. The number of alkyl halides is 3. The van der Waals surface area contributed by atoms with Gasteiger partial charge >= 0.3 is 6.18 Å². The van der Waals surface area contributed by atoms with Gasteiger partial charge in [0.25, 0.3) is 5.91 Å². The summed E-state index contributed by atoms with van der Waals surface area (Å²) in [6, 6.07) is 15.4. The Morgan fingerprint density at radius 1 is 1.06 bits per heavy atom. The monoisotopic (exact) mass is 483 g/mol. The van der Waals surface area contributed by atoms with Crippen molar-refractivity contribution < 1.29 is 18.0 Å². The van der Waals surface area contributed by atoms with Crippen molar-refractivity contribution in [3.8, 4) is 0 Å². The van der Waals surface area contributed by atoms with Gasteiger partial charge < -0.3 is 5.32 Å². The summed E-state index contributed by atoms with van der Waals surface area (Å²) in [6.07, 6.45) is -4.59. The van der Waals surface area contributed by atoms with Crippen LogP contribution in [-0.4, -0.2) is 25.5 Å². The van der Waals surface area contributed by atoms with Gasteiger partial charge in [-0.1, -0.05) is 42.5 Å². The minimum Gasteiger partial charge on any atom is -0.318 e. The Bertz CT molecular complexity index is 1560. The standard InChI is InChI=1S/C24H20F3N5OS/c1-13-20(14(2)32(29-13)12-16-9-6-8-15-7-4-5-10-17(15)16)28-22(33)19-11-18-21(24(25,26)27)30-31(3)23(18)34-19/h4-11H,12H2,1-3H3,(H,28,33). The number of rotatable bonds is 4. The molecule has 0 saturated heterocycles. The molecule has 3 heterocycles. The van der Waals surface area contributed by atoms with E-state index in [0.29, 0.717) is 17.9 Å². The molecule has 5 aromatic rings. The summed E-state index contributed by atoms with van der Waals surface area (Å²) in [5, 5.41) is 13.2. The smallest absolute Gasteiger partial charge is 0.318 e. The first-order valence-corrected chi connectivity index (χ1v) is 11.3. The number of nitrogens with one attached hydrogen (secondary N) is 1. The number of carbonyl (C=O) groups is 1. The van der Waals surface area contributed by atoms with E-state index in [1.165, 1.54) is 13.1 Å². The molecular weight excluding hydrogens is 463 g/mol. The molecule has 1 amide bonds. The fourth-order valence-electron chi connectivity index (χ4n) is 4.16. The van der Waals surface area contributed by atoms with E-state index in [1.54, 1.807) is 6.92 Å². The molecule has 0 atom stereocenters. The molecule has 0 aliphatic heterocycles. The predicted octanol–water partition coefficient (Wildman–Crippen LogP) is 5.92. The van der Waals surface area contributed by atoms with E-state index in [2.05, 4.69) is 33.7 Å². The molecule has 0 radical (unpaired) electrons. The zero-order valence-corrected chi connectivity index (χ0v) is 19.4. The van der Waals surface area contributed by atoms with Gasteiger partial charge in [-0.25, -0.2) is 0 Å². The number of halogens is 3. The summed E-state index contributed by atoms with van der Waals surface area (Å²) in [5.41, 5.74) is 2.05. The lowest BCUT2D eigenvalue weighted by molar-refractivity contribution is -0.140. The van der Waals surface area contributed by atoms with Crippen LogP contribution in [-0.2, 0) is 19.8 Å². The van der Waals surface area contributed by atoms with Gasteiger partial charge in [-0.2, -0.15) is 23.4 Å². The van der Waals surface area contributed by atoms with Crippen molar-refractivity contribution in [3.05, 3.63) is 76.1 Å². The van der Waals surface area contributed by atoms with Gasteiger partial charge in [0.15, 0.2) is 5.69 Å². The third kappa shape index (κ3) is 3.73. The summed E-state index contributed by atoms with van der Waals surface area (Å²) in [6.45, 7) is 4.17. The molecule has 1 N–H and O–H groups in total. The van der Waals surface area contributed by atoms with E-state index in [1.807, 2.05) is 35.9 Å². The van der Waals surface area contributed by atoms with Crippen LogP contribution in [0.1, 0.15) is 32.3 Å². The van der Waals surface area contributed by atoms with Crippen molar-refractivity contribution in [2.45, 2.75) is 26.6 Å². The first-order chi connectivity index (χ1) is 16.1. The molecular formula is C24H20F3N5OS. The van der Waals surface area contributed by atoms with Crippen LogP contribution in [0.5, 0.6) is 0 Å². The van der Waals surface area contributed by atoms with Gasteiger partial charge in [0.1, 0.15) is 4.83 Å². The topological polar surface area (TPSA) is 64.7 Å². The molecule has 0 fully saturated rings. The highest BCUT2D eigenvalue weighted by atomic mass is 32.1. The van der Waals surface area contributed by atoms with Crippen LogP contribution in [0, 0.1) is 13.8 Å². The van der Waals surface area contributed by atoms with Crippen LogP contribution in [0.3, 0.4) is 0 Å². The van der Waals surface area contributed by atoms with E-state index in [4.69, 9.17) is 0 Å². The number of benzene rings is 2. The number of aromatic nitrogens is 4. The predicted molar refractivity (Wildman–Crippen MR) is 126 cm³/mol. The van der Waals surface area contributed by atoms with Crippen LogP contribution in [0.4, 0.5) is 18.9 Å². The Morgan fingerprint density at radius 3 is 2.56 bits per heavy atom. The summed E-state index contributed by atoms with van der Waals surface area (Å²) in [7, 11) is 1.43. The average molecular weight is 484 g/mol. The molecule has 174 valence electrons. The molecule has 0 saturated carbocycles. The summed E-state index contributed by atoms with van der Waals surface area (Å²) in [4.78, 5) is 13.4. The maximum Gasteiger partial charge on any atom is 0.435 e. The number of thiophene rings is 1. The molecule has 0 spiro atoms. The zero-order valence-electron chi connectivity index (χ0n) is 18.6. The van der Waals surface area contributed by atoms with Crippen molar-refractivity contribution in [1.29, 1.82) is 0 Å². The minimum atomic E-state index is -4.59. The highest BCUT2D eigenvalue weighted by Crippen LogP contribution is 2.37. The maximum atomic E-state index is 13.3. The lowest BCUT2D eigenvalue weighted by Crippen LogP contribution is -2.12. The van der Waals surface area contributed by atoms with Gasteiger partial charge in [0.2, 0.25) is 0 Å². The number of nitrogens with zero attached hydrogens (tertiary/aromatic N) is 4. The molecule has 34 heavy (non-hydrogen) atoms. The van der Waals surface area contributed by atoms with Crippen molar-refractivity contribution in [3.63, 3.8) is 0 Å². The lowest BCUT2D eigenvalue weighted by atomic mass is 10.0. The number of hydrogen-bond acceptors (Lipinski definition) is 4. The Kier molecular flexibility index (Phi) is 5.20. The quantitative estimate of drug-likeness (QED) is 0.345. The van der Waals surface area contributed by atoms with Crippen molar-refractivity contribution in [1.82, 2.24) is 19.6 Å². The Morgan fingerprint density at radius 2 is 1.79 bits per heavy atom. The molecule has 10 heteroatoms. The maximum absolute atomic E-state index is 13.3. The lowest BCUT2D eigenvalue weighted by Gasteiger charge is -2.09. The summed E-state index contributed by atoms with van der Waals surface area (Å²) >= 11 is 0.972. The van der Waals surface area contributed by atoms with E-state index >= 15 is 0 Å². The molecule has 5 rings (SSSR count). The molecule has 0 aliphatic rings. The second kappa shape index (κ2) is 7.98. The van der Waals surface area contributed by atoms with Gasteiger partial charge in [-0.3, -0.25) is 14.2 Å². The molecule has 6 nitrogen and oxygen atoms in total. The Hall–Kier alpha value is -3.66. The average Bonchev–Trinajstić information content (AvgIpc) is 3.43. The third-order valence-corrected chi connectivity index (χ3v) is 7.02. The molecule has 0 bridgehead atoms. The fraction of sp³-hybridized carbons (Fsp3) is 0.208. The SMILES string of the molecule is Cc1nn(Cc2cccc3ccccc23)c(C)c1NC(=O)c1cc2c(C(F)(F)F)nn(C)c2s1.